The third kappa shape index (κ3) is 3.35. The average Bonchev–Trinajstić information content (AvgIpc) is 2.89. The average molecular weight is 245 g/mol. The van der Waals surface area contributed by atoms with Gasteiger partial charge in [0.25, 0.3) is 0 Å². The van der Waals surface area contributed by atoms with Gasteiger partial charge in [0.05, 0.1) is 19.0 Å². The molecule has 5 nitrogen and oxygen atoms in total. The number of aryl methyl sites for hydroxylation is 1. The lowest BCUT2D eigenvalue weighted by Crippen LogP contribution is -2.11. The van der Waals surface area contributed by atoms with Gasteiger partial charge in [0, 0.05) is 12.6 Å². The second-order valence-electron chi connectivity index (χ2n) is 3.89. The molecule has 0 aliphatic heterocycles. The first-order valence-electron chi connectivity index (χ1n) is 5.69. The zero-order valence-electron chi connectivity index (χ0n) is 10.1. The number of aromatic amines is 1. The molecule has 1 amide bonds. The second-order valence-corrected chi connectivity index (χ2v) is 3.89. The summed E-state index contributed by atoms with van der Waals surface area (Å²) in [6.07, 6.45) is 4.33. The Labute approximate surface area is 105 Å². The largest absolute Gasteiger partial charge is 0.497 e. The van der Waals surface area contributed by atoms with E-state index < -0.39 is 0 Å². The van der Waals surface area contributed by atoms with Crippen molar-refractivity contribution in [3.63, 3.8) is 0 Å². The van der Waals surface area contributed by atoms with Gasteiger partial charge in [-0.3, -0.25) is 9.89 Å². The number of benzene rings is 1. The number of H-pyrrole nitrogens is 1. The lowest BCUT2D eigenvalue weighted by atomic mass is 10.1. The van der Waals surface area contributed by atoms with Crippen molar-refractivity contribution in [2.45, 2.75) is 12.8 Å². The van der Waals surface area contributed by atoms with Crippen molar-refractivity contribution < 1.29 is 9.53 Å². The lowest BCUT2D eigenvalue weighted by Gasteiger charge is -2.04. The molecule has 2 rings (SSSR count). The maximum Gasteiger partial charge on any atom is 0.224 e. The fraction of sp³-hybridized carbons (Fsp3) is 0.231. The Kier molecular flexibility index (Phi) is 3.96. The van der Waals surface area contributed by atoms with Gasteiger partial charge in [0.1, 0.15) is 5.75 Å². The number of hydrogen-bond donors (Lipinski definition) is 2. The Morgan fingerprint density at radius 3 is 3.11 bits per heavy atom. The molecular weight excluding hydrogens is 230 g/mol. The number of hydrogen-bond acceptors (Lipinski definition) is 3. The van der Waals surface area contributed by atoms with Crippen molar-refractivity contribution in [2.24, 2.45) is 0 Å². The van der Waals surface area contributed by atoms with Crippen LogP contribution in [0.3, 0.4) is 0 Å². The van der Waals surface area contributed by atoms with Crippen LogP contribution in [0.25, 0.3) is 0 Å². The van der Waals surface area contributed by atoms with E-state index in [0.717, 1.165) is 11.3 Å². The van der Waals surface area contributed by atoms with Gasteiger partial charge in [-0.15, -0.1) is 0 Å². The smallest absolute Gasteiger partial charge is 0.224 e. The van der Waals surface area contributed by atoms with Gasteiger partial charge in [-0.1, -0.05) is 12.1 Å². The standard InChI is InChI=1S/C13H15N3O2/c1-18-12-4-2-3-10(7-12)5-6-13(17)16-11-8-14-15-9-11/h2-4,7-9H,5-6H2,1H3,(H,14,15)(H,16,17). The number of amides is 1. The second kappa shape index (κ2) is 5.86. The molecule has 0 radical (unpaired) electrons. The molecule has 0 saturated heterocycles. The fourth-order valence-electron chi connectivity index (χ4n) is 1.63. The Hall–Kier alpha value is -2.30. The number of anilines is 1. The van der Waals surface area contributed by atoms with Crippen LogP contribution < -0.4 is 10.1 Å². The van der Waals surface area contributed by atoms with Crippen molar-refractivity contribution in [2.75, 3.05) is 12.4 Å². The molecule has 0 atom stereocenters. The molecule has 0 spiro atoms. The molecule has 18 heavy (non-hydrogen) atoms. The van der Waals surface area contributed by atoms with Gasteiger partial charge in [0.2, 0.25) is 5.91 Å². The van der Waals surface area contributed by atoms with Crippen molar-refractivity contribution in [1.29, 1.82) is 0 Å². The van der Waals surface area contributed by atoms with Gasteiger partial charge in [-0.05, 0) is 24.1 Å². The molecule has 0 aliphatic carbocycles. The van der Waals surface area contributed by atoms with Gasteiger partial charge >= 0.3 is 0 Å². The quantitative estimate of drug-likeness (QED) is 0.846. The lowest BCUT2D eigenvalue weighted by molar-refractivity contribution is -0.116. The normalized spacial score (nSPS) is 10.1. The van der Waals surface area contributed by atoms with Crippen LogP contribution >= 0.6 is 0 Å². The van der Waals surface area contributed by atoms with Crippen molar-refractivity contribution in [3.05, 3.63) is 42.2 Å². The van der Waals surface area contributed by atoms with Crippen LogP contribution in [0.1, 0.15) is 12.0 Å². The van der Waals surface area contributed by atoms with Crippen LogP contribution in [-0.4, -0.2) is 23.2 Å². The molecule has 0 saturated carbocycles. The summed E-state index contributed by atoms with van der Waals surface area (Å²) in [5.74, 6) is 0.780. The molecule has 0 unspecified atom stereocenters. The summed E-state index contributed by atoms with van der Waals surface area (Å²) in [6.45, 7) is 0. The van der Waals surface area contributed by atoms with Crippen LogP contribution in [0.5, 0.6) is 5.75 Å². The highest BCUT2D eigenvalue weighted by Gasteiger charge is 2.04. The highest BCUT2D eigenvalue weighted by Crippen LogP contribution is 2.14. The first-order chi connectivity index (χ1) is 8.78. The molecule has 1 aromatic heterocycles. The van der Waals surface area contributed by atoms with Gasteiger partial charge < -0.3 is 10.1 Å². The summed E-state index contributed by atoms with van der Waals surface area (Å²) in [4.78, 5) is 11.7. The number of nitrogens with zero attached hydrogens (tertiary/aromatic N) is 1. The molecule has 0 aliphatic rings. The predicted molar refractivity (Wildman–Crippen MR) is 68.5 cm³/mol. The van der Waals surface area contributed by atoms with E-state index in [4.69, 9.17) is 4.74 Å². The Bertz CT molecular complexity index is 509. The molecule has 2 N–H and O–H groups in total. The number of nitrogens with one attached hydrogen (secondary N) is 2. The summed E-state index contributed by atoms with van der Waals surface area (Å²) in [5, 5.41) is 9.16. The minimum absolute atomic E-state index is 0.0285. The van der Waals surface area contributed by atoms with Gasteiger partial charge in [-0.25, -0.2) is 0 Å². The van der Waals surface area contributed by atoms with Crippen LogP contribution in [0, 0.1) is 0 Å². The molecule has 94 valence electrons. The Morgan fingerprint density at radius 1 is 1.50 bits per heavy atom. The van der Waals surface area contributed by atoms with Crippen molar-refractivity contribution in [3.8, 4) is 5.75 Å². The molecule has 2 aromatic rings. The predicted octanol–water partition coefficient (Wildman–Crippen LogP) is 1.99. The third-order valence-corrected chi connectivity index (χ3v) is 2.56. The zero-order valence-corrected chi connectivity index (χ0v) is 10.1. The molecule has 0 bridgehead atoms. The summed E-state index contributed by atoms with van der Waals surface area (Å²) in [6, 6.07) is 7.72. The number of methoxy groups -OCH3 is 1. The maximum absolute atomic E-state index is 11.7. The zero-order chi connectivity index (χ0) is 12.8. The summed E-state index contributed by atoms with van der Waals surface area (Å²) in [5.41, 5.74) is 1.77. The summed E-state index contributed by atoms with van der Waals surface area (Å²) < 4.78 is 5.13. The molecule has 1 heterocycles. The Balaban J connectivity index is 1.85. The fourth-order valence-corrected chi connectivity index (χ4v) is 1.63. The molecular formula is C13H15N3O2. The van der Waals surface area contributed by atoms with Crippen molar-refractivity contribution >= 4 is 11.6 Å². The minimum Gasteiger partial charge on any atom is -0.497 e. The highest BCUT2D eigenvalue weighted by atomic mass is 16.5. The molecule has 5 heteroatoms. The number of aromatic nitrogens is 2. The van der Waals surface area contributed by atoms with E-state index in [9.17, 15) is 4.79 Å². The van der Waals surface area contributed by atoms with Gasteiger partial charge in [0.15, 0.2) is 0 Å². The maximum atomic E-state index is 11.7. The van der Waals surface area contributed by atoms with Crippen LogP contribution in [0.4, 0.5) is 5.69 Å². The van der Waals surface area contributed by atoms with E-state index >= 15 is 0 Å². The number of ether oxygens (including phenoxy) is 1. The number of carbonyl (C=O) groups is 1. The monoisotopic (exact) mass is 245 g/mol. The van der Waals surface area contributed by atoms with E-state index in [0.29, 0.717) is 18.5 Å². The molecule has 0 fully saturated rings. The van der Waals surface area contributed by atoms with Crippen molar-refractivity contribution in [1.82, 2.24) is 10.2 Å². The third-order valence-electron chi connectivity index (χ3n) is 2.56. The first-order valence-corrected chi connectivity index (χ1v) is 5.69. The number of rotatable bonds is 5. The minimum atomic E-state index is -0.0285. The number of carbonyl (C=O) groups excluding carboxylic acids is 1. The van der Waals surface area contributed by atoms with E-state index in [1.54, 1.807) is 19.5 Å². The highest BCUT2D eigenvalue weighted by molar-refractivity contribution is 5.90. The summed E-state index contributed by atoms with van der Waals surface area (Å²) in [7, 11) is 1.63. The Morgan fingerprint density at radius 2 is 2.39 bits per heavy atom. The van der Waals surface area contributed by atoms with Crippen LogP contribution in [0.15, 0.2) is 36.7 Å². The van der Waals surface area contributed by atoms with Gasteiger partial charge in [-0.2, -0.15) is 5.10 Å². The summed E-state index contributed by atoms with van der Waals surface area (Å²) >= 11 is 0. The SMILES string of the molecule is COc1cccc(CCC(=O)Nc2cn[nH]c2)c1. The topological polar surface area (TPSA) is 67.0 Å². The van der Waals surface area contributed by atoms with Crippen LogP contribution in [0.2, 0.25) is 0 Å². The molecule has 1 aromatic carbocycles. The van der Waals surface area contributed by atoms with E-state index in [2.05, 4.69) is 15.5 Å². The van der Waals surface area contributed by atoms with Crippen LogP contribution in [-0.2, 0) is 11.2 Å². The van der Waals surface area contributed by atoms with E-state index in [1.807, 2.05) is 24.3 Å². The first kappa shape index (κ1) is 12.2. The van der Waals surface area contributed by atoms with E-state index in [1.165, 1.54) is 0 Å². The van der Waals surface area contributed by atoms with E-state index in [-0.39, 0.29) is 5.91 Å².